The van der Waals surface area contributed by atoms with Crippen LogP contribution in [0.5, 0.6) is 0 Å². The first-order valence-electron chi connectivity index (χ1n) is 8.55. The van der Waals surface area contributed by atoms with E-state index in [9.17, 15) is 9.59 Å². The summed E-state index contributed by atoms with van der Waals surface area (Å²) >= 11 is 0. The van der Waals surface area contributed by atoms with Crippen LogP contribution in [0.1, 0.15) is 31.8 Å². The van der Waals surface area contributed by atoms with Gasteiger partial charge in [-0.1, -0.05) is 36.4 Å². The second-order valence-electron chi connectivity index (χ2n) is 6.45. The largest absolute Gasteiger partial charge is 0.379 e. The lowest BCUT2D eigenvalue weighted by molar-refractivity contribution is 0.0341. The summed E-state index contributed by atoms with van der Waals surface area (Å²) < 4.78 is 5.38. The molecular weight excluding hydrogens is 316 g/mol. The van der Waals surface area contributed by atoms with Gasteiger partial charge in [0.15, 0.2) is 0 Å². The smallest absolute Gasteiger partial charge is 0.261 e. The number of benzene rings is 2. The summed E-state index contributed by atoms with van der Waals surface area (Å²) in [5.74, 6) is -0.418. The molecule has 0 radical (unpaired) electrons. The zero-order valence-electron chi connectivity index (χ0n) is 14.0. The number of carbonyl (C=O) groups is 2. The average Bonchev–Trinajstić information content (AvgIpc) is 2.88. The third-order valence-electron chi connectivity index (χ3n) is 4.72. The molecule has 2 aromatic rings. The second kappa shape index (κ2) is 6.78. The van der Waals surface area contributed by atoms with Crippen molar-refractivity contribution < 1.29 is 14.3 Å². The summed E-state index contributed by atoms with van der Waals surface area (Å²) in [7, 11) is 0. The summed E-state index contributed by atoms with van der Waals surface area (Å²) in [4.78, 5) is 28.7. The molecule has 0 aliphatic carbocycles. The van der Waals surface area contributed by atoms with Gasteiger partial charge in [-0.25, -0.2) is 0 Å². The van der Waals surface area contributed by atoms with Gasteiger partial charge in [-0.3, -0.25) is 19.4 Å². The number of fused-ring (bicyclic) bond motifs is 1. The Morgan fingerprint density at radius 2 is 1.40 bits per heavy atom. The topological polar surface area (TPSA) is 49.9 Å². The Balaban J connectivity index is 1.49. The van der Waals surface area contributed by atoms with Crippen molar-refractivity contribution in [2.75, 3.05) is 26.3 Å². The minimum absolute atomic E-state index is 0.209. The van der Waals surface area contributed by atoms with Gasteiger partial charge in [0.1, 0.15) is 0 Å². The van der Waals surface area contributed by atoms with Crippen LogP contribution in [0.4, 0.5) is 0 Å². The number of rotatable bonds is 4. The van der Waals surface area contributed by atoms with E-state index in [1.54, 1.807) is 24.3 Å². The molecule has 2 aliphatic heterocycles. The Morgan fingerprint density at radius 1 is 0.800 bits per heavy atom. The predicted molar refractivity (Wildman–Crippen MR) is 93.2 cm³/mol. The number of morpholine rings is 1. The van der Waals surface area contributed by atoms with Crippen LogP contribution < -0.4 is 0 Å². The van der Waals surface area contributed by atoms with Crippen LogP contribution in [0, 0.1) is 0 Å². The number of hydrogen-bond donors (Lipinski definition) is 0. The molecule has 2 aromatic carbocycles. The minimum Gasteiger partial charge on any atom is -0.379 e. The lowest BCUT2D eigenvalue weighted by Gasteiger charge is -2.26. The first-order valence-corrected chi connectivity index (χ1v) is 8.55. The number of ether oxygens (including phenoxy) is 1. The van der Waals surface area contributed by atoms with Crippen LogP contribution >= 0.6 is 0 Å². The van der Waals surface area contributed by atoms with Gasteiger partial charge in [-0.05, 0) is 23.3 Å². The van der Waals surface area contributed by atoms with E-state index in [0.29, 0.717) is 17.7 Å². The van der Waals surface area contributed by atoms with Crippen molar-refractivity contribution in [3.8, 4) is 0 Å². The molecule has 128 valence electrons. The summed E-state index contributed by atoms with van der Waals surface area (Å²) in [5.41, 5.74) is 3.16. The molecule has 2 amide bonds. The Morgan fingerprint density at radius 3 is 2.04 bits per heavy atom. The number of imide groups is 1. The first kappa shape index (κ1) is 16.0. The third-order valence-corrected chi connectivity index (χ3v) is 4.72. The number of nitrogens with zero attached hydrogens (tertiary/aromatic N) is 2. The van der Waals surface area contributed by atoms with Gasteiger partial charge in [0.2, 0.25) is 0 Å². The van der Waals surface area contributed by atoms with Gasteiger partial charge in [0, 0.05) is 19.6 Å². The van der Waals surface area contributed by atoms with Crippen molar-refractivity contribution in [3.05, 3.63) is 70.8 Å². The van der Waals surface area contributed by atoms with E-state index in [1.807, 2.05) is 12.1 Å². The molecule has 0 bridgehead atoms. The molecule has 1 saturated heterocycles. The number of hydrogen-bond acceptors (Lipinski definition) is 4. The van der Waals surface area contributed by atoms with Gasteiger partial charge in [0.25, 0.3) is 11.8 Å². The molecule has 4 rings (SSSR count). The zero-order chi connectivity index (χ0) is 17.2. The molecule has 0 N–H and O–H groups in total. The van der Waals surface area contributed by atoms with Crippen LogP contribution in [0.15, 0.2) is 48.5 Å². The maximum atomic E-state index is 12.5. The fourth-order valence-electron chi connectivity index (χ4n) is 3.41. The van der Waals surface area contributed by atoms with Crippen molar-refractivity contribution in [1.82, 2.24) is 9.80 Å². The number of amides is 2. The highest BCUT2D eigenvalue weighted by Gasteiger charge is 2.34. The molecule has 2 heterocycles. The lowest BCUT2D eigenvalue weighted by Crippen LogP contribution is -2.35. The highest BCUT2D eigenvalue weighted by atomic mass is 16.5. The highest BCUT2D eigenvalue weighted by Crippen LogP contribution is 2.24. The van der Waals surface area contributed by atoms with E-state index in [4.69, 9.17) is 4.74 Å². The van der Waals surface area contributed by atoms with E-state index in [-0.39, 0.29) is 11.8 Å². The van der Waals surface area contributed by atoms with Gasteiger partial charge in [-0.2, -0.15) is 0 Å². The number of carbonyl (C=O) groups excluding carboxylic acids is 2. The maximum Gasteiger partial charge on any atom is 0.261 e. The van der Waals surface area contributed by atoms with E-state index >= 15 is 0 Å². The Hall–Kier alpha value is -2.50. The molecule has 0 atom stereocenters. The second-order valence-corrected chi connectivity index (χ2v) is 6.45. The van der Waals surface area contributed by atoms with Crippen molar-refractivity contribution in [2.24, 2.45) is 0 Å². The average molecular weight is 336 g/mol. The Kier molecular flexibility index (Phi) is 4.34. The Labute approximate surface area is 146 Å². The normalized spacial score (nSPS) is 17.8. The lowest BCUT2D eigenvalue weighted by atomic mass is 10.1. The molecule has 2 aliphatic rings. The summed E-state index contributed by atoms with van der Waals surface area (Å²) in [5, 5.41) is 0. The summed E-state index contributed by atoms with van der Waals surface area (Å²) in [6.07, 6.45) is 0. The maximum absolute atomic E-state index is 12.5. The van der Waals surface area contributed by atoms with Crippen molar-refractivity contribution in [3.63, 3.8) is 0 Å². The van der Waals surface area contributed by atoms with Crippen molar-refractivity contribution in [2.45, 2.75) is 13.1 Å². The first-order chi connectivity index (χ1) is 12.2. The fraction of sp³-hybridized carbons (Fsp3) is 0.300. The molecule has 0 aromatic heterocycles. The van der Waals surface area contributed by atoms with E-state index in [0.717, 1.165) is 38.4 Å². The van der Waals surface area contributed by atoms with Gasteiger partial charge in [0.05, 0.1) is 30.9 Å². The van der Waals surface area contributed by atoms with E-state index in [2.05, 4.69) is 17.0 Å². The van der Waals surface area contributed by atoms with Crippen molar-refractivity contribution in [1.29, 1.82) is 0 Å². The fourth-order valence-corrected chi connectivity index (χ4v) is 3.41. The molecule has 5 nitrogen and oxygen atoms in total. The Bertz CT molecular complexity index is 777. The van der Waals surface area contributed by atoms with Crippen molar-refractivity contribution >= 4 is 11.8 Å². The molecule has 1 fully saturated rings. The predicted octanol–water partition coefficient (Wildman–Crippen LogP) is 2.32. The van der Waals surface area contributed by atoms with Crippen LogP contribution in [0.3, 0.4) is 0 Å². The van der Waals surface area contributed by atoms with Gasteiger partial charge in [-0.15, -0.1) is 0 Å². The standard InChI is InChI=1S/C20H20N2O3/c23-19-17-6-1-2-7-18(17)20(24)22(19)14-16-5-3-4-15(12-16)13-21-8-10-25-11-9-21/h1-7,12H,8-11,13-14H2. The van der Waals surface area contributed by atoms with Gasteiger partial charge >= 0.3 is 0 Å². The zero-order valence-corrected chi connectivity index (χ0v) is 14.0. The highest BCUT2D eigenvalue weighted by molar-refractivity contribution is 6.21. The van der Waals surface area contributed by atoms with Crippen LogP contribution in [0.2, 0.25) is 0 Å². The summed E-state index contributed by atoms with van der Waals surface area (Å²) in [6.45, 7) is 4.58. The van der Waals surface area contributed by atoms with Crippen LogP contribution in [0.25, 0.3) is 0 Å². The van der Waals surface area contributed by atoms with Crippen LogP contribution in [-0.2, 0) is 17.8 Å². The molecule has 0 saturated carbocycles. The summed E-state index contributed by atoms with van der Waals surface area (Å²) in [6, 6.07) is 15.1. The quantitative estimate of drug-likeness (QED) is 0.804. The monoisotopic (exact) mass is 336 g/mol. The van der Waals surface area contributed by atoms with E-state index in [1.165, 1.54) is 10.5 Å². The molecule has 5 heteroatoms. The SMILES string of the molecule is O=C1c2ccccc2C(=O)N1Cc1cccc(CN2CCOCC2)c1. The van der Waals surface area contributed by atoms with Gasteiger partial charge < -0.3 is 4.74 Å². The van der Waals surface area contributed by atoms with Crippen LogP contribution in [-0.4, -0.2) is 47.9 Å². The molecule has 25 heavy (non-hydrogen) atoms. The molecule has 0 unspecified atom stereocenters. The molecular formula is C20H20N2O3. The molecule has 0 spiro atoms. The third kappa shape index (κ3) is 3.21. The van der Waals surface area contributed by atoms with E-state index < -0.39 is 0 Å². The minimum atomic E-state index is -0.209.